The largest absolute Gasteiger partial charge is 0.392 e. The van der Waals surface area contributed by atoms with E-state index in [1.165, 1.54) is 0 Å². The van der Waals surface area contributed by atoms with Crippen LogP contribution in [0.5, 0.6) is 0 Å². The molecule has 1 N–H and O–H groups in total. The van der Waals surface area contributed by atoms with Crippen LogP contribution in [-0.2, 0) is 0 Å². The monoisotopic (exact) mass is 344 g/mol. The lowest BCUT2D eigenvalue weighted by atomic mass is 10.1. The van der Waals surface area contributed by atoms with Gasteiger partial charge in [-0.15, -0.1) is 0 Å². The zero-order valence-corrected chi connectivity index (χ0v) is 15.3. The molecule has 0 bridgehead atoms. The van der Waals surface area contributed by atoms with Gasteiger partial charge in [0.15, 0.2) is 0 Å². The normalized spacial score (nSPS) is 22.0. The highest BCUT2D eigenvalue weighted by atomic mass is 16.5. The Hall–Kier alpha value is -1.76. The summed E-state index contributed by atoms with van der Waals surface area (Å²) in [6, 6.07) is 10.4. The lowest BCUT2D eigenvalue weighted by Crippen LogP contribution is -2.54. The van der Waals surface area contributed by atoms with Crippen molar-refractivity contribution in [3.05, 3.63) is 36.2 Å². The Morgan fingerprint density at radius 1 is 1.24 bits per heavy atom. The minimum Gasteiger partial charge on any atom is -0.392 e. The fourth-order valence-corrected chi connectivity index (χ4v) is 3.50. The van der Waals surface area contributed by atoms with Crippen molar-refractivity contribution < 1.29 is 9.63 Å². The molecule has 0 aliphatic carbocycles. The van der Waals surface area contributed by atoms with E-state index in [0.29, 0.717) is 17.8 Å². The van der Waals surface area contributed by atoms with Crippen LogP contribution in [0.15, 0.2) is 34.9 Å². The van der Waals surface area contributed by atoms with Crippen LogP contribution in [0.3, 0.4) is 0 Å². The molecule has 0 radical (unpaired) electrons. The third-order valence-corrected chi connectivity index (χ3v) is 4.98. The number of aliphatic hydroxyl groups is 1. The predicted molar refractivity (Wildman–Crippen MR) is 97.1 cm³/mol. The SMILES string of the molecule is CCC1CN(C(C)c2nc(-c3ccccc3)no2)CCN1CC(C)O. The molecule has 6 nitrogen and oxygen atoms in total. The number of β-amino-alcohol motifs (C(OH)–C–C–N with tert-alkyl or cyclic N) is 1. The summed E-state index contributed by atoms with van der Waals surface area (Å²) in [5.74, 6) is 1.31. The fraction of sp³-hybridized carbons (Fsp3) is 0.579. The molecule has 2 aromatic rings. The van der Waals surface area contributed by atoms with E-state index in [1.807, 2.05) is 37.3 Å². The number of hydrogen-bond acceptors (Lipinski definition) is 6. The Kier molecular flexibility index (Phi) is 5.83. The number of aromatic nitrogens is 2. The smallest absolute Gasteiger partial charge is 0.244 e. The van der Waals surface area contributed by atoms with Crippen LogP contribution >= 0.6 is 0 Å². The van der Waals surface area contributed by atoms with Crippen LogP contribution in [0.2, 0.25) is 0 Å². The standard InChI is InChI=1S/C19H28N4O2/c1-4-17-13-22(10-11-23(17)12-14(2)24)15(3)19-20-18(21-25-19)16-8-6-5-7-9-16/h5-9,14-15,17,24H,4,10-13H2,1-3H3. The maximum atomic E-state index is 9.69. The van der Waals surface area contributed by atoms with Crippen molar-refractivity contribution in [2.75, 3.05) is 26.2 Å². The van der Waals surface area contributed by atoms with Crippen molar-refractivity contribution in [3.63, 3.8) is 0 Å². The molecule has 1 aliphatic rings. The van der Waals surface area contributed by atoms with Gasteiger partial charge in [-0.2, -0.15) is 4.98 Å². The van der Waals surface area contributed by atoms with Crippen molar-refractivity contribution in [3.8, 4) is 11.4 Å². The van der Waals surface area contributed by atoms with Gasteiger partial charge in [0.25, 0.3) is 0 Å². The quantitative estimate of drug-likeness (QED) is 0.869. The van der Waals surface area contributed by atoms with E-state index in [9.17, 15) is 5.11 Å². The van der Waals surface area contributed by atoms with Crippen molar-refractivity contribution in [1.82, 2.24) is 19.9 Å². The van der Waals surface area contributed by atoms with E-state index >= 15 is 0 Å². The molecular weight excluding hydrogens is 316 g/mol. The summed E-state index contributed by atoms with van der Waals surface area (Å²) < 4.78 is 5.54. The Labute approximate surface area is 149 Å². The summed E-state index contributed by atoms with van der Waals surface area (Å²) in [6.45, 7) is 9.76. The summed E-state index contributed by atoms with van der Waals surface area (Å²) in [7, 11) is 0. The van der Waals surface area contributed by atoms with Crippen LogP contribution < -0.4 is 0 Å². The molecule has 6 heteroatoms. The first-order valence-electron chi connectivity index (χ1n) is 9.13. The molecule has 0 saturated carbocycles. The maximum absolute atomic E-state index is 9.69. The van der Waals surface area contributed by atoms with Crippen molar-refractivity contribution in [2.24, 2.45) is 0 Å². The maximum Gasteiger partial charge on any atom is 0.244 e. The van der Waals surface area contributed by atoms with E-state index in [2.05, 4.69) is 33.8 Å². The Morgan fingerprint density at radius 3 is 2.68 bits per heavy atom. The van der Waals surface area contributed by atoms with Gasteiger partial charge in [0.05, 0.1) is 12.1 Å². The average Bonchev–Trinajstić information content (AvgIpc) is 3.12. The second kappa shape index (κ2) is 8.08. The Bertz CT molecular complexity index is 658. The third-order valence-electron chi connectivity index (χ3n) is 4.98. The number of hydrogen-bond donors (Lipinski definition) is 1. The van der Waals surface area contributed by atoms with Crippen molar-refractivity contribution >= 4 is 0 Å². The zero-order valence-electron chi connectivity index (χ0n) is 15.3. The second-order valence-corrected chi connectivity index (χ2v) is 6.90. The molecule has 1 aromatic carbocycles. The number of aliphatic hydroxyl groups excluding tert-OH is 1. The van der Waals surface area contributed by atoms with Gasteiger partial charge >= 0.3 is 0 Å². The van der Waals surface area contributed by atoms with E-state index in [0.717, 1.165) is 38.2 Å². The Morgan fingerprint density at radius 2 is 2.00 bits per heavy atom. The highest BCUT2D eigenvalue weighted by Crippen LogP contribution is 2.25. The minimum atomic E-state index is -0.289. The van der Waals surface area contributed by atoms with E-state index in [-0.39, 0.29) is 12.1 Å². The van der Waals surface area contributed by atoms with E-state index in [4.69, 9.17) is 4.52 Å². The first-order chi connectivity index (χ1) is 12.1. The Balaban J connectivity index is 1.67. The molecule has 3 rings (SSSR count). The zero-order chi connectivity index (χ0) is 17.8. The fourth-order valence-electron chi connectivity index (χ4n) is 3.50. The molecule has 1 aromatic heterocycles. The molecule has 0 spiro atoms. The summed E-state index contributed by atoms with van der Waals surface area (Å²) in [5, 5.41) is 13.8. The van der Waals surface area contributed by atoms with Crippen LogP contribution in [0, 0.1) is 0 Å². The molecule has 1 aliphatic heterocycles. The van der Waals surface area contributed by atoms with Gasteiger partial charge < -0.3 is 9.63 Å². The molecule has 3 atom stereocenters. The molecule has 25 heavy (non-hydrogen) atoms. The second-order valence-electron chi connectivity index (χ2n) is 6.90. The molecule has 136 valence electrons. The minimum absolute atomic E-state index is 0.0905. The van der Waals surface area contributed by atoms with Crippen LogP contribution in [0.25, 0.3) is 11.4 Å². The number of rotatable bonds is 6. The molecule has 2 heterocycles. The molecular formula is C19H28N4O2. The lowest BCUT2D eigenvalue weighted by molar-refractivity contribution is 0.0167. The topological polar surface area (TPSA) is 65.6 Å². The van der Waals surface area contributed by atoms with Gasteiger partial charge in [-0.25, -0.2) is 0 Å². The molecule has 1 saturated heterocycles. The third kappa shape index (κ3) is 4.26. The van der Waals surface area contributed by atoms with Crippen LogP contribution in [0.1, 0.15) is 39.1 Å². The van der Waals surface area contributed by atoms with Crippen molar-refractivity contribution in [1.29, 1.82) is 0 Å². The molecule has 3 unspecified atom stereocenters. The molecule has 1 fully saturated rings. The molecule has 0 amide bonds. The van der Waals surface area contributed by atoms with E-state index < -0.39 is 0 Å². The summed E-state index contributed by atoms with van der Waals surface area (Å²) >= 11 is 0. The lowest BCUT2D eigenvalue weighted by Gasteiger charge is -2.43. The van der Waals surface area contributed by atoms with Gasteiger partial charge in [-0.1, -0.05) is 42.4 Å². The van der Waals surface area contributed by atoms with Gasteiger partial charge in [0.1, 0.15) is 0 Å². The van der Waals surface area contributed by atoms with E-state index in [1.54, 1.807) is 0 Å². The summed E-state index contributed by atoms with van der Waals surface area (Å²) in [4.78, 5) is 9.38. The van der Waals surface area contributed by atoms with Gasteiger partial charge in [0.2, 0.25) is 11.7 Å². The average molecular weight is 344 g/mol. The van der Waals surface area contributed by atoms with Crippen molar-refractivity contribution in [2.45, 2.75) is 45.4 Å². The number of nitrogens with zero attached hydrogens (tertiary/aromatic N) is 4. The van der Waals surface area contributed by atoms with Crippen LogP contribution in [0.4, 0.5) is 0 Å². The van der Waals surface area contributed by atoms with Gasteiger partial charge in [0, 0.05) is 37.8 Å². The highest BCUT2D eigenvalue weighted by Gasteiger charge is 2.31. The number of piperazine rings is 1. The summed E-state index contributed by atoms with van der Waals surface area (Å²) in [6.07, 6.45) is 0.775. The van der Waals surface area contributed by atoms with Crippen LogP contribution in [-0.4, -0.2) is 63.4 Å². The first kappa shape index (κ1) is 18.0. The number of benzene rings is 1. The van der Waals surface area contributed by atoms with Gasteiger partial charge in [-0.3, -0.25) is 9.80 Å². The van der Waals surface area contributed by atoms with Gasteiger partial charge in [-0.05, 0) is 20.3 Å². The highest BCUT2D eigenvalue weighted by molar-refractivity contribution is 5.53. The predicted octanol–water partition coefficient (Wildman–Crippen LogP) is 2.57. The first-order valence-corrected chi connectivity index (χ1v) is 9.13. The summed E-state index contributed by atoms with van der Waals surface area (Å²) in [5.41, 5.74) is 0.970.